The number of primary amides is 1. The van der Waals surface area contributed by atoms with Gasteiger partial charge in [-0.3, -0.25) is 4.79 Å². The van der Waals surface area contributed by atoms with E-state index in [-0.39, 0.29) is 5.91 Å². The molecule has 0 saturated carbocycles. The summed E-state index contributed by atoms with van der Waals surface area (Å²) in [5.74, 6) is -0.366. The molecular weight excluding hydrogens is 346 g/mol. The van der Waals surface area contributed by atoms with Crippen molar-refractivity contribution in [2.75, 3.05) is 0 Å². The van der Waals surface area contributed by atoms with Crippen LogP contribution in [0.4, 0.5) is 0 Å². The van der Waals surface area contributed by atoms with Gasteiger partial charge >= 0.3 is 0 Å². The van der Waals surface area contributed by atoms with Gasteiger partial charge in [0.15, 0.2) is 0 Å². The van der Waals surface area contributed by atoms with E-state index in [0.29, 0.717) is 5.56 Å². The predicted octanol–water partition coefficient (Wildman–Crippen LogP) is 5.64. The normalized spacial score (nSPS) is 11.2. The predicted molar refractivity (Wildman–Crippen MR) is 117 cm³/mol. The molecule has 3 rings (SSSR count). The minimum atomic E-state index is -0.366. The van der Waals surface area contributed by atoms with Crippen LogP contribution in [0.1, 0.15) is 67.7 Å². The summed E-state index contributed by atoms with van der Waals surface area (Å²) in [6.45, 7) is 7.33. The van der Waals surface area contributed by atoms with Gasteiger partial charge in [0.1, 0.15) is 0 Å². The van der Waals surface area contributed by atoms with E-state index in [4.69, 9.17) is 10.7 Å². The number of fused-ring (bicyclic) bond motifs is 1. The number of carbonyl (C=O) groups excluding carboxylic acids is 1. The molecule has 0 radical (unpaired) electrons. The first-order valence-corrected chi connectivity index (χ1v) is 10.5. The maximum absolute atomic E-state index is 12.4. The fourth-order valence-corrected chi connectivity index (χ4v) is 4.00. The van der Waals surface area contributed by atoms with Gasteiger partial charge in [-0.05, 0) is 38.3 Å². The number of pyridine rings is 1. The van der Waals surface area contributed by atoms with Crippen molar-refractivity contribution < 1.29 is 4.79 Å². The second kappa shape index (κ2) is 9.05. The number of hydrogen-bond acceptors (Lipinski definition) is 2. The Hall–Kier alpha value is -2.62. The molecule has 4 heteroatoms. The Morgan fingerprint density at radius 2 is 1.79 bits per heavy atom. The van der Waals surface area contributed by atoms with Crippen molar-refractivity contribution in [3.63, 3.8) is 0 Å². The van der Waals surface area contributed by atoms with Crippen LogP contribution in [0, 0.1) is 6.92 Å². The molecular formula is C24H31N3O. The van der Waals surface area contributed by atoms with E-state index in [1.54, 1.807) is 0 Å². The minimum absolute atomic E-state index is 0.366. The third-order valence-electron chi connectivity index (χ3n) is 5.48. The highest BCUT2D eigenvalue weighted by atomic mass is 16.1. The largest absolute Gasteiger partial charge is 0.366 e. The number of unbranched alkanes of at least 4 members (excludes halogenated alkanes) is 3. The average Bonchev–Trinajstić information content (AvgIpc) is 2.98. The lowest BCUT2D eigenvalue weighted by molar-refractivity contribution is 0.1000. The summed E-state index contributed by atoms with van der Waals surface area (Å²) < 4.78 is 2.31. The first-order valence-electron chi connectivity index (χ1n) is 10.5. The van der Waals surface area contributed by atoms with Gasteiger partial charge in [-0.2, -0.15) is 0 Å². The Kier molecular flexibility index (Phi) is 6.50. The van der Waals surface area contributed by atoms with Crippen LogP contribution in [0.3, 0.4) is 0 Å². The van der Waals surface area contributed by atoms with Crippen molar-refractivity contribution >= 4 is 16.8 Å². The summed E-state index contributed by atoms with van der Waals surface area (Å²) in [7, 11) is 0. The highest BCUT2D eigenvalue weighted by Crippen LogP contribution is 2.34. The summed E-state index contributed by atoms with van der Waals surface area (Å²) >= 11 is 0. The second-order valence-corrected chi connectivity index (χ2v) is 7.50. The van der Waals surface area contributed by atoms with Crippen LogP contribution in [0.2, 0.25) is 0 Å². The van der Waals surface area contributed by atoms with Crippen LogP contribution >= 0.6 is 0 Å². The van der Waals surface area contributed by atoms with Gasteiger partial charge in [0, 0.05) is 28.9 Å². The summed E-state index contributed by atoms with van der Waals surface area (Å²) in [5, 5.41) is 1.10. The molecule has 0 atom stereocenters. The number of rotatable bonds is 9. The van der Waals surface area contributed by atoms with E-state index in [1.165, 1.54) is 18.5 Å². The Labute approximate surface area is 167 Å². The van der Waals surface area contributed by atoms with E-state index in [9.17, 15) is 4.79 Å². The maximum Gasteiger partial charge on any atom is 0.251 e. The number of aromatic nitrogens is 2. The molecule has 148 valence electrons. The SMILES string of the molecule is CCCCCc1c(-c2ccc3ccccc3n2)c(C(N)=O)c(C)n1CCCC. The third-order valence-corrected chi connectivity index (χ3v) is 5.48. The number of amides is 1. The Balaban J connectivity index is 2.21. The molecule has 4 nitrogen and oxygen atoms in total. The molecule has 0 aliphatic rings. The van der Waals surface area contributed by atoms with Crippen LogP contribution in [0.15, 0.2) is 36.4 Å². The number of carbonyl (C=O) groups is 1. The highest BCUT2D eigenvalue weighted by Gasteiger charge is 2.25. The molecule has 2 heterocycles. The average molecular weight is 378 g/mol. The molecule has 1 aromatic carbocycles. The van der Waals surface area contributed by atoms with Crippen LogP contribution in [-0.2, 0) is 13.0 Å². The van der Waals surface area contributed by atoms with Gasteiger partial charge in [0.05, 0.1) is 16.8 Å². The maximum atomic E-state index is 12.4. The van der Waals surface area contributed by atoms with Gasteiger partial charge in [0.2, 0.25) is 0 Å². The number of nitrogens with two attached hydrogens (primary N) is 1. The monoisotopic (exact) mass is 377 g/mol. The topological polar surface area (TPSA) is 60.9 Å². The van der Waals surface area contributed by atoms with Crippen molar-refractivity contribution in [3.05, 3.63) is 53.3 Å². The van der Waals surface area contributed by atoms with E-state index >= 15 is 0 Å². The lowest BCUT2D eigenvalue weighted by Gasteiger charge is -2.13. The van der Waals surface area contributed by atoms with Gasteiger partial charge in [-0.25, -0.2) is 4.98 Å². The van der Waals surface area contributed by atoms with Crippen LogP contribution < -0.4 is 5.73 Å². The van der Waals surface area contributed by atoms with Gasteiger partial charge in [-0.1, -0.05) is 57.4 Å². The highest BCUT2D eigenvalue weighted by molar-refractivity contribution is 6.02. The van der Waals surface area contributed by atoms with Gasteiger partial charge < -0.3 is 10.3 Å². The Bertz CT molecular complexity index is 971. The van der Waals surface area contributed by atoms with Crippen molar-refractivity contribution in [2.45, 2.75) is 65.8 Å². The molecule has 28 heavy (non-hydrogen) atoms. The molecule has 0 spiro atoms. The molecule has 3 aromatic rings. The van der Waals surface area contributed by atoms with E-state index < -0.39 is 0 Å². The molecule has 2 N–H and O–H groups in total. The zero-order valence-electron chi connectivity index (χ0n) is 17.3. The zero-order valence-corrected chi connectivity index (χ0v) is 17.3. The van der Waals surface area contributed by atoms with Crippen LogP contribution in [-0.4, -0.2) is 15.5 Å². The fraction of sp³-hybridized carbons (Fsp3) is 0.417. The first kappa shape index (κ1) is 20.1. The summed E-state index contributed by atoms with van der Waals surface area (Å²) in [6, 6.07) is 12.2. The second-order valence-electron chi connectivity index (χ2n) is 7.50. The van der Waals surface area contributed by atoms with E-state index in [2.05, 4.69) is 30.5 Å². The first-order chi connectivity index (χ1) is 13.6. The number of benzene rings is 1. The summed E-state index contributed by atoms with van der Waals surface area (Å²) in [6.07, 6.45) is 6.58. The molecule has 1 amide bonds. The lowest BCUT2D eigenvalue weighted by Crippen LogP contribution is -2.13. The lowest BCUT2D eigenvalue weighted by atomic mass is 10.0. The molecule has 2 aromatic heterocycles. The Morgan fingerprint density at radius 3 is 2.50 bits per heavy atom. The van der Waals surface area contributed by atoms with Crippen LogP contribution in [0.5, 0.6) is 0 Å². The fourth-order valence-electron chi connectivity index (χ4n) is 4.00. The molecule has 0 unspecified atom stereocenters. The standard InChI is InChI=1S/C24H31N3O/c1-4-6-8-13-21-23(20-15-14-18-11-9-10-12-19(18)26-20)22(24(25)28)17(3)27(21)16-7-5-2/h9-12,14-15H,4-8,13,16H2,1-3H3,(H2,25,28). The van der Waals surface area contributed by atoms with Crippen molar-refractivity contribution in [1.82, 2.24) is 9.55 Å². The van der Waals surface area contributed by atoms with E-state index in [0.717, 1.165) is 60.1 Å². The molecule has 0 aliphatic heterocycles. The smallest absolute Gasteiger partial charge is 0.251 e. The van der Waals surface area contributed by atoms with Crippen molar-refractivity contribution in [2.24, 2.45) is 5.73 Å². The summed E-state index contributed by atoms with van der Waals surface area (Å²) in [4.78, 5) is 17.3. The van der Waals surface area contributed by atoms with Crippen molar-refractivity contribution in [3.8, 4) is 11.3 Å². The molecule has 0 aliphatic carbocycles. The van der Waals surface area contributed by atoms with E-state index in [1.807, 2.05) is 31.2 Å². The molecule has 0 fully saturated rings. The molecule has 0 saturated heterocycles. The third kappa shape index (κ3) is 3.96. The quantitative estimate of drug-likeness (QED) is 0.490. The Morgan fingerprint density at radius 1 is 1.04 bits per heavy atom. The summed E-state index contributed by atoms with van der Waals surface area (Å²) in [5.41, 5.74) is 11.4. The van der Waals surface area contributed by atoms with Gasteiger partial charge in [0.25, 0.3) is 5.91 Å². The van der Waals surface area contributed by atoms with Crippen molar-refractivity contribution in [1.29, 1.82) is 0 Å². The van der Waals surface area contributed by atoms with Gasteiger partial charge in [-0.15, -0.1) is 0 Å². The van der Waals surface area contributed by atoms with Crippen LogP contribution in [0.25, 0.3) is 22.2 Å². The minimum Gasteiger partial charge on any atom is -0.366 e. The number of hydrogen-bond donors (Lipinski definition) is 1. The number of para-hydroxylation sites is 1. The number of nitrogens with zero attached hydrogens (tertiary/aromatic N) is 2. The zero-order chi connectivity index (χ0) is 20.1. The molecule has 0 bridgehead atoms.